The van der Waals surface area contributed by atoms with Crippen LogP contribution in [0.3, 0.4) is 0 Å². The van der Waals surface area contributed by atoms with Crippen molar-refractivity contribution < 1.29 is 9.26 Å². The molecule has 0 N–H and O–H groups in total. The minimum Gasteiger partial charge on any atom is -0.379 e. The third-order valence-corrected chi connectivity index (χ3v) is 2.14. The second-order valence-electron chi connectivity index (χ2n) is 2.67. The van der Waals surface area contributed by atoms with Crippen molar-refractivity contribution in [2.75, 3.05) is 12.4 Å². The molecule has 4 nitrogen and oxygen atoms in total. The van der Waals surface area contributed by atoms with Crippen molar-refractivity contribution in [3.05, 3.63) is 21.7 Å². The van der Waals surface area contributed by atoms with E-state index in [1.165, 1.54) is 11.8 Å². The van der Waals surface area contributed by atoms with Crippen molar-refractivity contribution in [3.63, 3.8) is 0 Å². The highest BCUT2D eigenvalue weighted by atomic mass is 79.9. The molecular formula is C8H12BrNO3. The van der Waals surface area contributed by atoms with E-state index in [2.05, 4.69) is 15.9 Å². The molecule has 1 rings (SSSR count). The van der Waals surface area contributed by atoms with Crippen LogP contribution in [0, 0.1) is 6.92 Å². The predicted molar refractivity (Wildman–Crippen MR) is 52.2 cm³/mol. The fourth-order valence-corrected chi connectivity index (χ4v) is 1.54. The van der Waals surface area contributed by atoms with E-state index in [9.17, 15) is 4.79 Å². The third kappa shape index (κ3) is 2.22. The molecule has 1 aromatic heterocycles. The van der Waals surface area contributed by atoms with E-state index in [1.807, 2.05) is 0 Å². The quantitative estimate of drug-likeness (QED) is 0.756. The summed E-state index contributed by atoms with van der Waals surface area (Å²) >= 11 is 3.28. The molecule has 0 saturated heterocycles. The van der Waals surface area contributed by atoms with Gasteiger partial charge in [-0.25, -0.2) is 0 Å². The molecule has 0 bridgehead atoms. The molecule has 74 valence electrons. The maximum atomic E-state index is 11.5. The summed E-state index contributed by atoms with van der Waals surface area (Å²) in [5.41, 5.74) is 0.618. The predicted octanol–water partition coefficient (Wildman–Crippen LogP) is 1.29. The molecule has 0 radical (unpaired) electrons. The monoisotopic (exact) mass is 249 g/mol. The SMILES string of the molecule is COCn1oc(C)c(CCBr)c1=O. The molecule has 0 saturated carbocycles. The summed E-state index contributed by atoms with van der Waals surface area (Å²) in [5.74, 6) is 0.668. The standard InChI is InChI=1S/C8H12BrNO3/c1-6-7(3-4-9)8(11)10(13-6)5-12-2/h3-5H2,1-2H3. The molecule has 13 heavy (non-hydrogen) atoms. The summed E-state index contributed by atoms with van der Waals surface area (Å²) in [6.07, 6.45) is 0.685. The fraction of sp³-hybridized carbons (Fsp3) is 0.625. The van der Waals surface area contributed by atoms with E-state index in [1.54, 1.807) is 6.92 Å². The zero-order valence-corrected chi connectivity index (χ0v) is 9.26. The van der Waals surface area contributed by atoms with Gasteiger partial charge in [-0.3, -0.25) is 4.79 Å². The average molecular weight is 250 g/mol. The first-order valence-electron chi connectivity index (χ1n) is 3.95. The summed E-state index contributed by atoms with van der Waals surface area (Å²) in [4.78, 5) is 11.5. The summed E-state index contributed by atoms with van der Waals surface area (Å²) < 4.78 is 11.2. The Balaban J connectivity index is 3.00. The molecular weight excluding hydrogens is 238 g/mol. The number of hydrogen-bond acceptors (Lipinski definition) is 3. The largest absolute Gasteiger partial charge is 0.379 e. The average Bonchev–Trinajstić information content (AvgIpc) is 2.34. The van der Waals surface area contributed by atoms with Gasteiger partial charge in [0, 0.05) is 12.4 Å². The highest BCUT2D eigenvalue weighted by Crippen LogP contribution is 2.05. The lowest BCUT2D eigenvalue weighted by Crippen LogP contribution is -2.18. The van der Waals surface area contributed by atoms with Crippen LogP contribution in [-0.2, 0) is 17.9 Å². The van der Waals surface area contributed by atoms with Crippen LogP contribution in [0.4, 0.5) is 0 Å². The molecule has 0 aliphatic carbocycles. The molecule has 1 heterocycles. The molecule has 0 fully saturated rings. The van der Waals surface area contributed by atoms with Gasteiger partial charge in [0.1, 0.15) is 5.76 Å². The molecule has 0 aromatic carbocycles. The van der Waals surface area contributed by atoms with Crippen molar-refractivity contribution in [1.29, 1.82) is 0 Å². The van der Waals surface area contributed by atoms with E-state index in [0.29, 0.717) is 17.7 Å². The Bertz CT molecular complexity index is 329. The van der Waals surface area contributed by atoms with Crippen molar-refractivity contribution in [2.24, 2.45) is 0 Å². The number of nitrogens with zero attached hydrogens (tertiary/aromatic N) is 1. The van der Waals surface area contributed by atoms with Gasteiger partial charge in [-0.05, 0) is 13.3 Å². The second-order valence-corrected chi connectivity index (χ2v) is 3.46. The van der Waals surface area contributed by atoms with Gasteiger partial charge in [0.05, 0.1) is 5.56 Å². The van der Waals surface area contributed by atoms with Crippen LogP contribution in [0.25, 0.3) is 0 Å². The van der Waals surface area contributed by atoms with Crippen LogP contribution in [0.1, 0.15) is 11.3 Å². The van der Waals surface area contributed by atoms with Crippen LogP contribution in [-0.4, -0.2) is 17.2 Å². The number of ether oxygens (including phenoxy) is 1. The van der Waals surface area contributed by atoms with E-state index in [0.717, 1.165) is 5.33 Å². The molecule has 0 atom stereocenters. The van der Waals surface area contributed by atoms with Crippen molar-refractivity contribution in [1.82, 2.24) is 4.74 Å². The third-order valence-electron chi connectivity index (χ3n) is 1.75. The van der Waals surface area contributed by atoms with E-state index < -0.39 is 0 Å². The molecule has 0 spiro atoms. The maximum Gasteiger partial charge on any atom is 0.288 e. The van der Waals surface area contributed by atoms with E-state index >= 15 is 0 Å². The Kier molecular flexibility index (Phi) is 3.74. The summed E-state index contributed by atoms with van der Waals surface area (Å²) in [7, 11) is 1.52. The molecule has 0 aliphatic rings. The first kappa shape index (κ1) is 10.5. The Morgan fingerprint density at radius 3 is 2.85 bits per heavy atom. The lowest BCUT2D eigenvalue weighted by molar-refractivity contribution is 0.0557. The highest BCUT2D eigenvalue weighted by molar-refractivity contribution is 9.09. The second kappa shape index (κ2) is 4.62. The van der Waals surface area contributed by atoms with Crippen molar-refractivity contribution >= 4 is 15.9 Å². The van der Waals surface area contributed by atoms with Gasteiger partial charge >= 0.3 is 0 Å². The van der Waals surface area contributed by atoms with Gasteiger partial charge < -0.3 is 9.26 Å². The van der Waals surface area contributed by atoms with Crippen LogP contribution in [0.15, 0.2) is 9.32 Å². The van der Waals surface area contributed by atoms with E-state index in [4.69, 9.17) is 9.26 Å². The highest BCUT2D eigenvalue weighted by Gasteiger charge is 2.11. The van der Waals surface area contributed by atoms with Crippen LogP contribution in [0.2, 0.25) is 0 Å². The topological polar surface area (TPSA) is 44.4 Å². The Morgan fingerprint density at radius 1 is 1.62 bits per heavy atom. The van der Waals surface area contributed by atoms with Gasteiger partial charge in [0.25, 0.3) is 5.56 Å². The van der Waals surface area contributed by atoms with Crippen LogP contribution < -0.4 is 5.56 Å². The minimum atomic E-state index is -0.0983. The van der Waals surface area contributed by atoms with Gasteiger partial charge in [-0.15, -0.1) is 4.74 Å². The lowest BCUT2D eigenvalue weighted by atomic mass is 10.2. The molecule has 0 amide bonds. The fourth-order valence-electron chi connectivity index (χ4n) is 1.14. The number of aromatic nitrogens is 1. The first-order valence-corrected chi connectivity index (χ1v) is 5.07. The number of methoxy groups -OCH3 is 1. The summed E-state index contributed by atoms with van der Waals surface area (Å²) in [5, 5.41) is 0.760. The summed E-state index contributed by atoms with van der Waals surface area (Å²) in [6.45, 7) is 1.95. The number of hydrogen-bond donors (Lipinski definition) is 0. The smallest absolute Gasteiger partial charge is 0.288 e. The molecule has 0 unspecified atom stereocenters. The summed E-state index contributed by atoms with van der Waals surface area (Å²) in [6, 6.07) is 0. The lowest BCUT2D eigenvalue weighted by Gasteiger charge is -1.94. The molecule has 5 heteroatoms. The van der Waals surface area contributed by atoms with E-state index in [-0.39, 0.29) is 12.3 Å². The van der Waals surface area contributed by atoms with Gasteiger partial charge in [-0.1, -0.05) is 15.9 Å². The zero-order chi connectivity index (χ0) is 9.84. The Hall–Kier alpha value is -0.550. The van der Waals surface area contributed by atoms with Crippen LogP contribution >= 0.6 is 15.9 Å². The first-order chi connectivity index (χ1) is 6.20. The maximum absolute atomic E-state index is 11.5. The van der Waals surface area contributed by atoms with Crippen molar-refractivity contribution in [2.45, 2.75) is 20.1 Å². The number of halogens is 1. The normalized spacial score (nSPS) is 10.7. The van der Waals surface area contributed by atoms with Crippen molar-refractivity contribution in [3.8, 4) is 0 Å². The number of aryl methyl sites for hydroxylation is 1. The Labute approximate surface area is 84.6 Å². The van der Waals surface area contributed by atoms with Gasteiger partial charge in [0.15, 0.2) is 6.73 Å². The van der Waals surface area contributed by atoms with Gasteiger partial charge in [-0.2, -0.15) is 0 Å². The zero-order valence-electron chi connectivity index (χ0n) is 7.67. The van der Waals surface area contributed by atoms with Crippen LogP contribution in [0.5, 0.6) is 0 Å². The number of alkyl halides is 1. The number of rotatable bonds is 4. The molecule has 1 aromatic rings. The minimum absolute atomic E-state index is 0.0983. The van der Waals surface area contributed by atoms with Gasteiger partial charge in [0.2, 0.25) is 0 Å². The Morgan fingerprint density at radius 2 is 2.31 bits per heavy atom. The molecule has 0 aliphatic heterocycles.